The van der Waals surface area contributed by atoms with E-state index in [0.717, 1.165) is 45.3 Å². The monoisotopic (exact) mass is 325 g/mol. The van der Waals surface area contributed by atoms with Crippen LogP contribution in [0.4, 0.5) is 4.79 Å². The van der Waals surface area contributed by atoms with Gasteiger partial charge in [0, 0.05) is 26.6 Å². The predicted octanol–water partition coefficient (Wildman–Crippen LogP) is 2.68. The topological polar surface area (TPSA) is 74.6 Å². The number of unbranched alkanes of at least 4 members (excludes halogenated alkanes) is 3. The number of nitrogens with zero attached hydrogens (tertiary/aromatic N) is 2. The van der Waals surface area contributed by atoms with Gasteiger partial charge in [0.25, 0.3) is 0 Å². The number of nitriles is 1. The normalized spacial score (nSPS) is 22.4. The summed E-state index contributed by atoms with van der Waals surface area (Å²) in [5.41, 5.74) is -0.489. The van der Waals surface area contributed by atoms with Gasteiger partial charge in [0.15, 0.2) is 0 Å². The van der Waals surface area contributed by atoms with Crippen molar-refractivity contribution in [2.24, 2.45) is 0 Å². The van der Waals surface area contributed by atoms with Gasteiger partial charge in [-0.15, -0.1) is 0 Å². The molecule has 1 aliphatic rings. The van der Waals surface area contributed by atoms with E-state index in [4.69, 9.17) is 14.7 Å². The van der Waals surface area contributed by atoms with Crippen LogP contribution in [0.2, 0.25) is 0 Å². The smallest absolute Gasteiger partial charge is 0.407 e. The molecule has 0 aromatic rings. The van der Waals surface area contributed by atoms with Crippen molar-refractivity contribution in [2.45, 2.75) is 70.6 Å². The van der Waals surface area contributed by atoms with Crippen molar-refractivity contribution in [1.29, 1.82) is 5.26 Å². The number of ether oxygens (including phenoxy) is 2. The van der Waals surface area contributed by atoms with Crippen LogP contribution < -0.4 is 5.32 Å². The van der Waals surface area contributed by atoms with Gasteiger partial charge in [-0.2, -0.15) is 5.26 Å². The van der Waals surface area contributed by atoms with Crippen LogP contribution in [0.15, 0.2) is 0 Å². The molecule has 1 fully saturated rings. The van der Waals surface area contributed by atoms with Crippen molar-refractivity contribution in [3.05, 3.63) is 0 Å². The lowest BCUT2D eigenvalue weighted by Crippen LogP contribution is -2.55. The molecule has 1 saturated heterocycles. The molecule has 1 heterocycles. The summed E-state index contributed by atoms with van der Waals surface area (Å²) in [6, 6.07) is 2.17. The predicted molar refractivity (Wildman–Crippen MR) is 89.1 cm³/mol. The van der Waals surface area contributed by atoms with Crippen LogP contribution in [0.3, 0.4) is 0 Å². The zero-order valence-corrected chi connectivity index (χ0v) is 14.9. The highest BCUT2D eigenvalue weighted by molar-refractivity contribution is 5.68. The van der Waals surface area contributed by atoms with Crippen LogP contribution in [0.5, 0.6) is 0 Å². The van der Waals surface area contributed by atoms with Gasteiger partial charge in [-0.25, -0.2) is 4.79 Å². The van der Waals surface area contributed by atoms with Crippen LogP contribution >= 0.6 is 0 Å². The van der Waals surface area contributed by atoms with Crippen molar-refractivity contribution in [3.8, 4) is 6.07 Å². The zero-order chi connectivity index (χ0) is 17.3. The Kier molecular flexibility index (Phi) is 8.35. The van der Waals surface area contributed by atoms with Crippen molar-refractivity contribution >= 4 is 6.09 Å². The van der Waals surface area contributed by atoms with Gasteiger partial charge in [0.2, 0.25) is 0 Å². The standard InChI is InChI=1S/C17H31N3O3/c1-17(2,3)23-16(21)19-14-9-12-20(13-15(14)22-4)11-8-6-5-7-10-18/h14-15H,5-9,11-13H2,1-4H3,(H,19,21)/t14-,15?/m1/s1. The molecule has 0 saturated carbocycles. The lowest BCUT2D eigenvalue weighted by Gasteiger charge is -2.38. The lowest BCUT2D eigenvalue weighted by molar-refractivity contribution is -0.00270. The van der Waals surface area contributed by atoms with Gasteiger partial charge in [-0.1, -0.05) is 6.42 Å². The van der Waals surface area contributed by atoms with Crippen LogP contribution in [0.25, 0.3) is 0 Å². The van der Waals surface area contributed by atoms with Crippen LogP contribution in [-0.2, 0) is 9.47 Å². The molecule has 1 aliphatic heterocycles. The van der Waals surface area contributed by atoms with Gasteiger partial charge in [0.1, 0.15) is 5.60 Å². The zero-order valence-electron chi connectivity index (χ0n) is 14.9. The maximum absolute atomic E-state index is 11.9. The fourth-order valence-corrected chi connectivity index (χ4v) is 2.76. The lowest BCUT2D eigenvalue weighted by atomic mass is 10.0. The molecule has 0 aromatic carbocycles. The minimum absolute atomic E-state index is 0.00955. The van der Waals surface area contributed by atoms with Crippen LogP contribution in [0, 0.1) is 11.3 Å². The van der Waals surface area contributed by atoms with E-state index in [2.05, 4.69) is 16.3 Å². The Morgan fingerprint density at radius 3 is 2.70 bits per heavy atom. The van der Waals surface area contributed by atoms with Crippen LogP contribution in [-0.4, -0.2) is 55.5 Å². The molecule has 0 spiro atoms. The highest BCUT2D eigenvalue weighted by Crippen LogP contribution is 2.16. The summed E-state index contributed by atoms with van der Waals surface area (Å²) in [7, 11) is 1.69. The summed E-state index contributed by atoms with van der Waals surface area (Å²) in [5, 5.41) is 11.5. The molecule has 0 aliphatic carbocycles. The molecule has 1 N–H and O–H groups in total. The number of nitrogens with one attached hydrogen (secondary N) is 1. The first kappa shape index (κ1) is 19.7. The van der Waals surface area contributed by atoms with Gasteiger partial charge in [-0.3, -0.25) is 0 Å². The molecule has 2 atom stereocenters. The van der Waals surface area contributed by atoms with E-state index in [1.807, 2.05) is 20.8 Å². The number of hydrogen-bond donors (Lipinski definition) is 1. The fourth-order valence-electron chi connectivity index (χ4n) is 2.76. The van der Waals surface area contributed by atoms with Crippen molar-refractivity contribution in [3.63, 3.8) is 0 Å². The Hall–Kier alpha value is -1.32. The number of methoxy groups -OCH3 is 1. The molecule has 132 valence electrons. The Bertz CT molecular complexity index is 401. The highest BCUT2D eigenvalue weighted by atomic mass is 16.6. The van der Waals surface area contributed by atoms with Crippen molar-refractivity contribution < 1.29 is 14.3 Å². The summed E-state index contributed by atoms with van der Waals surface area (Å²) in [4.78, 5) is 14.3. The second-order valence-electron chi connectivity index (χ2n) is 7.08. The number of carbonyl (C=O) groups is 1. The Labute approximate surface area is 140 Å². The summed E-state index contributed by atoms with van der Waals surface area (Å²) in [6.07, 6.45) is 4.26. The number of hydrogen-bond acceptors (Lipinski definition) is 5. The molecule has 6 nitrogen and oxygen atoms in total. The van der Waals surface area contributed by atoms with E-state index >= 15 is 0 Å². The van der Waals surface area contributed by atoms with E-state index in [0.29, 0.717) is 6.42 Å². The molecule has 0 aromatic heterocycles. The van der Waals surface area contributed by atoms with Gasteiger partial charge in [-0.05, 0) is 46.6 Å². The fraction of sp³-hybridized carbons (Fsp3) is 0.882. The third-order valence-electron chi connectivity index (χ3n) is 3.91. The first-order valence-corrected chi connectivity index (χ1v) is 8.47. The molecule has 0 radical (unpaired) electrons. The van der Waals surface area contributed by atoms with E-state index < -0.39 is 5.60 Å². The second-order valence-corrected chi connectivity index (χ2v) is 7.08. The Balaban J connectivity index is 2.35. The third-order valence-corrected chi connectivity index (χ3v) is 3.91. The SMILES string of the molecule is COC1CN(CCCCCC#N)CC[C@H]1NC(=O)OC(C)(C)C. The molecule has 1 rings (SSSR count). The van der Waals surface area contributed by atoms with Crippen molar-refractivity contribution in [1.82, 2.24) is 10.2 Å². The maximum Gasteiger partial charge on any atom is 0.407 e. The first-order chi connectivity index (χ1) is 10.9. The number of alkyl carbamates (subject to hydrolysis) is 1. The summed E-state index contributed by atoms with van der Waals surface area (Å²) < 4.78 is 10.9. The molecule has 0 bridgehead atoms. The summed E-state index contributed by atoms with van der Waals surface area (Å²) in [5.74, 6) is 0. The number of piperidine rings is 1. The van der Waals surface area contributed by atoms with Crippen molar-refractivity contribution in [2.75, 3.05) is 26.7 Å². The minimum atomic E-state index is -0.489. The molecule has 23 heavy (non-hydrogen) atoms. The molecule has 1 unspecified atom stereocenters. The van der Waals surface area contributed by atoms with Crippen LogP contribution in [0.1, 0.15) is 52.9 Å². The van der Waals surface area contributed by atoms with E-state index in [1.165, 1.54) is 0 Å². The minimum Gasteiger partial charge on any atom is -0.444 e. The van der Waals surface area contributed by atoms with E-state index in [1.54, 1.807) is 7.11 Å². The van der Waals surface area contributed by atoms with Gasteiger partial charge < -0.3 is 19.7 Å². The van der Waals surface area contributed by atoms with Gasteiger partial charge in [0.05, 0.1) is 18.2 Å². The molecular weight excluding hydrogens is 294 g/mol. The quantitative estimate of drug-likeness (QED) is 0.728. The molecule has 1 amide bonds. The number of likely N-dealkylation sites (tertiary alicyclic amines) is 1. The third kappa shape index (κ3) is 8.19. The Morgan fingerprint density at radius 1 is 1.35 bits per heavy atom. The Morgan fingerprint density at radius 2 is 2.09 bits per heavy atom. The first-order valence-electron chi connectivity index (χ1n) is 8.47. The van der Waals surface area contributed by atoms with Gasteiger partial charge >= 0.3 is 6.09 Å². The number of carbonyl (C=O) groups excluding carboxylic acids is 1. The van der Waals surface area contributed by atoms with E-state index in [-0.39, 0.29) is 18.2 Å². The highest BCUT2D eigenvalue weighted by Gasteiger charge is 2.31. The average Bonchev–Trinajstić information content (AvgIpc) is 2.46. The number of amides is 1. The molecule has 6 heteroatoms. The second kappa shape index (κ2) is 9.74. The largest absolute Gasteiger partial charge is 0.444 e. The summed E-state index contributed by atoms with van der Waals surface area (Å²) >= 11 is 0. The molecular formula is C17H31N3O3. The van der Waals surface area contributed by atoms with E-state index in [9.17, 15) is 4.79 Å². The maximum atomic E-state index is 11.9. The number of rotatable bonds is 7. The average molecular weight is 325 g/mol. The summed E-state index contributed by atoms with van der Waals surface area (Å²) in [6.45, 7) is 8.35.